The monoisotopic (exact) mass is 341 g/mol. The molecule has 2 heterocycles. The lowest BCUT2D eigenvalue weighted by atomic mass is 10.0. The highest BCUT2D eigenvalue weighted by Gasteiger charge is 2.30. The minimum absolute atomic E-state index is 0.0332. The minimum atomic E-state index is -0.510. The van der Waals surface area contributed by atoms with E-state index in [-0.39, 0.29) is 18.0 Å². The van der Waals surface area contributed by atoms with E-state index in [9.17, 15) is 4.79 Å². The van der Waals surface area contributed by atoms with Crippen LogP contribution in [0.1, 0.15) is 33.6 Å². The van der Waals surface area contributed by atoms with Crippen LogP contribution in [0.25, 0.3) is 0 Å². The summed E-state index contributed by atoms with van der Waals surface area (Å²) >= 11 is 6.21. The third-order valence-electron chi connectivity index (χ3n) is 3.72. The van der Waals surface area contributed by atoms with Crippen LogP contribution in [0.5, 0.6) is 0 Å². The van der Waals surface area contributed by atoms with Crippen LogP contribution in [-0.2, 0) is 4.74 Å². The molecule has 0 aromatic carbocycles. The van der Waals surface area contributed by atoms with E-state index >= 15 is 0 Å². The summed E-state index contributed by atoms with van der Waals surface area (Å²) in [6, 6.07) is 0.0332. The Morgan fingerprint density at radius 1 is 1.48 bits per heavy atom. The van der Waals surface area contributed by atoms with Crippen molar-refractivity contribution < 1.29 is 9.53 Å². The second kappa shape index (κ2) is 6.78. The molecule has 0 saturated carbocycles. The topological polar surface area (TPSA) is 84.6 Å². The van der Waals surface area contributed by atoms with Gasteiger partial charge in [-0.05, 0) is 33.6 Å². The predicted octanol–water partition coefficient (Wildman–Crippen LogP) is 2.55. The van der Waals surface area contributed by atoms with Gasteiger partial charge in [-0.25, -0.2) is 14.8 Å². The predicted molar refractivity (Wildman–Crippen MR) is 90.7 cm³/mol. The molecule has 1 fully saturated rings. The van der Waals surface area contributed by atoms with Crippen LogP contribution in [0.4, 0.5) is 16.4 Å². The Hall–Kier alpha value is -1.76. The molecule has 2 rings (SSSR count). The zero-order chi connectivity index (χ0) is 17.2. The number of hydrogen-bond donors (Lipinski definition) is 1. The molecular formula is C15H24ClN5O2. The summed E-state index contributed by atoms with van der Waals surface area (Å²) in [5.41, 5.74) is 5.24. The molecule has 8 heteroatoms. The van der Waals surface area contributed by atoms with Crippen LogP contribution in [-0.4, -0.2) is 52.7 Å². The Kier molecular flexibility index (Phi) is 5.19. The summed E-state index contributed by atoms with van der Waals surface area (Å²) in [5.74, 6) is 0.876. The van der Waals surface area contributed by atoms with E-state index in [0.717, 1.165) is 19.4 Å². The number of rotatable bonds is 2. The summed E-state index contributed by atoms with van der Waals surface area (Å²) in [4.78, 5) is 24.0. The second-order valence-corrected chi connectivity index (χ2v) is 7.11. The second-order valence-electron chi connectivity index (χ2n) is 6.73. The SMILES string of the molecule is CN(C(=O)OC(C)(C)C)C1CCCN(c2ncnc(N)c2Cl)C1. The van der Waals surface area contributed by atoms with E-state index < -0.39 is 5.60 Å². The molecule has 1 aliphatic rings. The number of halogens is 1. The van der Waals surface area contributed by atoms with Crippen LogP contribution in [0.2, 0.25) is 5.02 Å². The van der Waals surface area contributed by atoms with E-state index in [0.29, 0.717) is 17.4 Å². The third kappa shape index (κ3) is 4.37. The van der Waals surface area contributed by atoms with E-state index in [1.807, 2.05) is 25.7 Å². The number of carbonyl (C=O) groups is 1. The van der Waals surface area contributed by atoms with Crippen LogP contribution in [0.15, 0.2) is 6.33 Å². The van der Waals surface area contributed by atoms with Crippen molar-refractivity contribution in [3.63, 3.8) is 0 Å². The fourth-order valence-corrected chi connectivity index (χ4v) is 2.76. The van der Waals surface area contributed by atoms with Crippen LogP contribution >= 0.6 is 11.6 Å². The van der Waals surface area contributed by atoms with Crippen LogP contribution in [0.3, 0.4) is 0 Å². The van der Waals surface area contributed by atoms with Gasteiger partial charge in [-0.1, -0.05) is 11.6 Å². The first-order valence-electron chi connectivity index (χ1n) is 7.66. The highest BCUT2D eigenvalue weighted by atomic mass is 35.5. The zero-order valence-corrected chi connectivity index (χ0v) is 14.8. The van der Waals surface area contributed by atoms with Gasteiger partial charge in [0.05, 0.1) is 6.04 Å². The zero-order valence-electron chi connectivity index (χ0n) is 14.0. The van der Waals surface area contributed by atoms with Gasteiger partial charge in [0.1, 0.15) is 22.8 Å². The Morgan fingerprint density at radius 2 is 2.17 bits per heavy atom. The molecule has 0 bridgehead atoms. The molecule has 128 valence electrons. The Morgan fingerprint density at radius 3 is 2.83 bits per heavy atom. The first kappa shape index (κ1) is 17.6. The molecule has 1 unspecified atom stereocenters. The van der Waals surface area contributed by atoms with E-state index in [1.165, 1.54) is 6.33 Å². The molecule has 0 spiro atoms. The standard InChI is InChI=1S/C15H24ClN5O2/c1-15(2,3)23-14(22)20(4)10-6-5-7-21(8-10)13-11(16)12(17)18-9-19-13/h9-10H,5-8H2,1-4H3,(H2,17,18,19). The Labute approximate surface area is 141 Å². The third-order valence-corrected chi connectivity index (χ3v) is 4.09. The van der Waals surface area contributed by atoms with Crippen molar-refractivity contribution in [2.75, 3.05) is 30.8 Å². The number of likely N-dealkylation sites (N-methyl/N-ethyl adjacent to an activating group) is 1. The normalized spacial score (nSPS) is 18.7. The molecule has 0 aliphatic carbocycles. The number of anilines is 2. The molecule has 1 saturated heterocycles. The van der Waals surface area contributed by atoms with Crippen molar-refractivity contribution in [2.45, 2.75) is 45.3 Å². The lowest BCUT2D eigenvalue weighted by Crippen LogP contribution is -2.50. The van der Waals surface area contributed by atoms with E-state index in [2.05, 4.69) is 9.97 Å². The highest BCUT2D eigenvalue weighted by Crippen LogP contribution is 2.30. The van der Waals surface area contributed by atoms with E-state index in [1.54, 1.807) is 11.9 Å². The fraction of sp³-hybridized carbons (Fsp3) is 0.667. The van der Waals surface area contributed by atoms with Crippen molar-refractivity contribution in [1.82, 2.24) is 14.9 Å². The quantitative estimate of drug-likeness (QED) is 0.889. The van der Waals surface area contributed by atoms with Gasteiger partial charge in [0.25, 0.3) is 0 Å². The molecule has 0 radical (unpaired) electrons. The summed E-state index contributed by atoms with van der Waals surface area (Å²) in [7, 11) is 1.76. The first-order chi connectivity index (χ1) is 10.7. The molecule has 1 aliphatic heterocycles. The van der Waals surface area contributed by atoms with E-state index in [4.69, 9.17) is 22.1 Å². The smallest absolute Gasteiger partial charge is 0.410 e. The highest BCUT2D eigenvalue weighted by molar-refractivity contribution is 6.35. The largest absolute Gasteiger partial charge is 0.444 e. The Balaban J connectivity index is 2.08. The number of carbonyl (C=O) groups excluding carboxylic acids is 1. The maximum Gasteiger partial charge on any atom is 0.410 e. The number of hydrogen-bond acceptors (Lipinski definition) is 6. The number of nitrogens with two attached hydrogens (primary N) is 1. The van der Waals surface area contributed by atoms with Crippen molar-refractivity contribution >= 4 is 29.3 Å². The lowest BCUT2D eigenvalue weighted by Gasteiger charge is -2.38. The van der Waals surface area contributed by atoms with Crippen LogP contribution < -0.4 is 10.6 Å². The van der Waals surface area contributed by atoms with Gasteiger partial charge in [0, 0.05) is 20.1 Å². The van der Waals surface area contributed by atoms with Gasteiger partial charge in [0.2, 0.25) is 0 Å². The summed E-state index contributed by atoms with van der Waals surface area (Å²) in [6.45, 7) is 7.01. The van der Waals surface area contributed by atoms with Gasteiger partial charge in [-0.3, -0.25) is 0 Å². The van der Waals surface area contributed by atoms with Gasteiger partial charge >= 0.3 is 6.09 Å². The van der Waals surface area contributed by atoms with Gasteiger partial charge in [-0.2, -0.15) is 0 Å². The maximum atomic E-state index is 12.2. The van der Waals surface area contributed by atoms with Crippen molar-refractivity contribution in [2.24, 2.45) is 0 Å². The van der Waals surface area contributed by atoms with Crippen molar-refractivity contribution in [3.8, 4) is 0 Å². The number of amides is 1. The average Bonchev–Trinajstić information content (AvgIpc) is 2.47. The summed E-state index contributed by atoms with van der Waals surface area (Å²) in [5, 5.41) is 0.355. The molecule has 2 N–H and O–H groups in total. The van der Waals surface area contributed by atoms with Crippen molar-refractivity contribution in [3.05, 3.63) is 11.3 Å². The molecular weight excluding hydrogens is 318 g/mol. The van der Waals surface area contributed by atoms with Gasteiger partial charge < -0.3 is 20.3 Å². The molecule has 1 aromatic rings. The number of nitrogen functional groups attached to an aromatic ring is 1. The van der Waals surface area contributed by atoms with Crippen LogP contribution in [0, 0.1) is 0 Å². The average molecular weight is 342 g/mol. The number of piperidine rings is 1. The fourth-order valence-electron chi connectivity index (χ4n) is 2.54. The van der Waals surface area contributed by atoms with Gasteiger partial charge in [-0.15, -0.1) is 0 Å². The number of aromatic nitrogens is 2. The maximum absolute atomic E-state index is 12.2. The number of nitrogens with zero attached hydrogens (tertiary/aromatic N) is 4. The number of ether oxygens (including phenoxy) is 1. The first-order valence-corrected chi connectivity index (χ1v) is 8.03. The molecule has 1 amide bonds. The summed E-state index contributed by atoms with van der Waals surface area (Å²) in [6.07, 6.45) is 2.91. The lowest BCUT2D eigenvalue weighted by molar-refractivity contribution is 0.0209. The molecule has 7 nitrogen and oxygen atoms in total. The molecule has 1 atom stereocenters. The molecule has 1 aromatic heterocycles. The molecule has 23 heavy (non-hydrogen) atoms. The Bertz CT molecular complexity index is 575. The van der Waals surface area contributed by atoms with Gasteiger partial charge in [0.15, 0.2) is 5.82 Å². The summed E-state index contributed by atoms with van der Waals surface area (Å²) < 4.78 is 5.43. The van der Waals surface area contributed by atoms with Crippen molar-refractivity contribution in [1.29, 1.82) is 0 Å². The minimum Gasteiger partial charge on any atom is -0.444 e.